The summed E-state index contributed by atoms with van der Waals surface area (Å²) in [5.74, 6) is -1.94. The minimum absolute atomic E-state index is 0.109. The number of nitrogens with zero attached hydrogens (tertiary/aromatic N) is 1. The van der Waals surface area contributed by atoms with Gasteiger partial charge in [-0.3, -0.25) is 9.59 Å². The molecule has 1 aromatic rings. The van der Waals surface area contributed by atoms with E-state index in [1.165, 1.54) is 11.3 Å². The van der Waals surface area contributed by atoms with E-state index in [9.17, 15) is 9.59 Å². The number of carbonyl (C=O) groups is 2. The van der Waals surface area contributed by atoms with Gasteiger partial charge in [0.15, 0.2) is 0 Å². The van der Waals surface area contributed by atoms with E-state index >= 15 is 0 Å². The van der Waals surface area contributed by atoms with Crippen molar-refractivity contribution in [2.45, 2.75) is 38.6 Å². The Morgan fingerprint density at radius 2 is 2.26 bits per heavy atom. The lowest BCUT2D eigenvalue weighted by atomic mass is 9.95. The third-order valence-electron chi connectivity index (χ3n) is 3.64. The summed E-state index contributed by atoms with van der Waals surface area (Å²) in [5.41, 5.74) is 0. The number of thiazole rings is 1. The maximum absolute atomic E-state index is 12.2. The Balaban J connectivity index is 2.02. The van der Waals surface area contributed by atoms with Gasteiger partial charge in [0.05, 0.1) is 17.9 Å². The predicted octanol–water partition coefficient (Wildman–Crippen LogP) is 2.21. The van der Waals surface area contributed by atoms with E-state index in [-0.39, 0.29) is 11.9 Å². The van der Waals surface area contributed by atoms with E-state index in [1.54, 1.807) is 6.20 Å². The normalized spacial score (nSPS) is 24.1. The van der Waals surface area contributed by atoms with Gasteiger partial charge in [0.1, 0.15) is 5.01 Å². The van der Waals surface area contributed by atoms with Crippen molar-refractivity contribution in [1.29, 1.82) is 0 Å². The molecular formula is C13H18N2O3S. The second-order valence-corrected chi connectivity index (χ2v) is 5.75. The van der Waals surface area contributed by atoms with Crippen molar-refractivity contribution in [3.63, 3.8) is 0 Å². The van der Waals surface area contributed by atoms with Gasteiger partial charge in [-0.15, -0.1) is 11.3 Å². The standard InChI is InChI=1S/C13H18N2O3S/c1-2-10(12-14-6-7-19-12)15-11(16)8-4-3-5-9(8)13(17)18/h6-10H,2-5H2,1H3,(H,15,16)(H,17,18). The second kappa shape index (κ2) is 6.14. The Morgan fingerprint density at radius 3 is 2.84 bits per heavy atom. The first-order valence-corrected chi connectivity index (χ1v) is 7.44. The zero-order chi connectivity index (χ0) is 13.8. The molecule has 19 heavy (non-hydrogen) atoms. The van der Waals surface area contributed by atoms with Crippen LogP contribution in [0.15, 0.2) is 11.6 Å². The number of carbonyl (C=O) groups excluding carboxylic acids is 1. The topological polar surface area (TPSA) is 79.3 Å². The zero-order valence-electron chi connectivity index (χ0n) is 10.8. The van der Waals surface area contributed by atoms with Gasteiger partial charge in [-0.1, -0.05) is 13.3 Å². The number of carboxylic acid groups (broad SMARTS) is 1. The quantitative estimate of drug-likeness (QED) is 0.867. The highest BCUT2D eigenvalue weighted by molar-refractivity contribution is 7.09. The van der Waals surface area contributed by atoms with Gasteiger partial charge in [0, 0.05) is 11.6 Å². The summed E-state index contributed by atoms with van der Waals surface area (Å²) in [6.45, 7) is 1.98. The van der Waals surface area contributed by atoms with Gasteiger partial charge < -0.3 is 10.4 Å². The number of carboxylic acids is 1. The van der Waals surface area contributed by atoms with Gasteiger partial charge in [-0.2, -0.15) is 0 Å². The highest BCUT2D eigenvalue weighted by Crippen LogP contribution is 2.33. The van der Waals surface area contributed by atoms with Crippen molar-refractivity contribution in [2.24, 2.45) is 11.8 Å². The molecule has 1 aliphatic carbocycles. The van der Waals surface area contributed by atoms with Gasteiger partial charge in [-0.05, 0) is 19.3 Å². The van der Waals surface area contributed by atoms with Crippen molar-refractivity contribution < 1.29 is 14.7 Å². The Labute approximate surface area is 116 Å². The van der Waals surface area contributed by atoms with E-state index in [0.29, 0.717) is 12.8 Å². The van der Waals surface area contributed by atoms with E-state index in [2.05, 4.69) is 10.3 Å². The van der Waals surface area contributed by atoms with Crippen molar-refractivity contribution in [3.05, 3.63) is 16.6 Å². The van der Waals surface area contributed by atoms with Crippen LogP contribution in [-0.2, 0) is 9.59 Å². The summed E-state index contributed by atoms with van der Waals surface area (Å²) >= 11 is 1.51. The highest BCUT2D eigenvalue weighted by atomic mass is 32.1. The molecule has 0 aliphatic heterocycles. The Bertz CT molecular complexity index is 447. The van der Waals surface area contributed by atoms with Gasteiger partial charge in [-0.25, -0.2) is 4.98 Å². The lowest BCUT2D eigenvalue weighted by Crippen LogP contribution is -2.37. The maximum atomic E-state index is 12.2. The number of aliphatic carboxylic acids is 1. The first-order chi connectivity index (χ1) is 9.13. The lowest BCUT2D eigenvalue weighted by molar-refractivity contribution is -0.146. The molecule has 2 N–H and O–H groups in total. The molecule has 0 spiro atoms. The van der Waals surface area contributed by atoms with Crippen LogP contribution in [-0.4, -0.2) is 22.0 Å². The summed E-state index contributed by atoms with van der Waals surface area (Å²) in [7, 11) is 0. The molecule has 1 heterocycles. The highest BCUT2D eigenvalue weighted by Gasteiger charge is 2.38. The van der Waals surface area contributed by atoms with Crippen molar-refractivity contribution in [1.82, 2.24) is 10.3 Å². The largest absolute Gasteiger partial charge is 0.481 e. The second-order valence-electron chi connectivity index (χ2n) is 4.82. The number of hydrogen-bond donors (Lipinski definition) is 2. The molecule has 1 amide bonds. The maximum Gasteiger partial charge on any atom is 0.307 e. The Hall–Kier alpha value is -1.43. The summed E-state index contributed by atoms with van der Waals surface area (Å²) in [5, 5.41) is 14.8. The average Bonchev–Trinajstić information content (AvgIpc) is 3.05. The molecule has 5 nitrogen and oxygen atoms in total. The summed E-state index contributed by atoms with van der Waals surface area (Å²) in [4.78, 5) is 27.5. The molecule has 3 atom stereocenters. The van der Waals surface area contributed by atoms with Crippen LogP contribution in [0.5, 0.6) is 0 Å². The molecule has 0 aromatic carbocycles. The number of rotatable bonds is 5. The van der Waals surface area contributed by atoms with Crippen LogP contribution in [0, 0.1) is 11.8 Å². The molecule has 0 bridgehead atoms. The molecule has 0 saturated heterocycles. The van der Waals surface area contributed by atoms with Crippen LogP contribution in [0.2, 0.25) is 0 Å². The van der Waals surface area contributed by atoms with Crippen LogP contribution in [0.25, 0.3) is 0 Å². The van der Waals surface area contributed by atoms with Gasteiger partial charge >= 0.3 is 5.97 Å². The van der Waals surface area contributed by atoms with E-state index in [4.69, 9.17) is 5.11 Å². The molecule has 2 rings (SSSR count). The summed E-state index contributed by atoms with van der Waals surface area (Å²) in [6, 6.07) is -0.109. The average molecular weight is 282 g/mol. The molecule has 0 radical (unpaired) electrons. The molecule has 3 unspecified atom stereocenters. The molecule has 1 aliphatic rings. The monoisotopic (exact) mass is 282 g/mol. The third kappa shape index (κ3) is 3.12. The SMILES string of the molecule is CCC(NC(=O)C1CCCC1C(=O)O)c1nccs1. The van der Waals surface area contributed by atoms with Crippen molar-refractivity contribution in [2.75, 3.05) is 0 Å². The van der Waals surface area contributed by atoms with Crippen LogP contribution in [0.3, 0.4) is 0 Å². The lowest BCUT2D eigenvalue weighted by Gasteiger charge is -2.20. The minimum atomic E-state index is -0.861. The van der Waals surface area contributed by atoms with Gasteiger partial charge in [0.2, 0.25) is 5.91 Å². The molecular weight excluding hydrogens is 264 g/mol. The number of amides is 1. The fourth-order valence-electron chi connectivity index (χ4n) is 2.59. The Kier molecular flexibility index (Phi) is 4.52. The smallest absolute Gasteiger partial charge is 0.307 e. The molecule has 104 valence electrons. The fraction of sp³-hybridized carbons (Fsp3) is 0.615. The van der Waals surface area contributed by atoms with Crippen LogP contribution in [0.1, 0.15) is 43.7 Å². The molecule has 6 heteroatoms. The van der Waals surface area contributed by atoms with Crippen molar-refractivity contribution >= 4 is 23.2 Å². The Morgan fingerprint density at radius 1 is 1.53 bits per heavy atom. The molecule has 1 saturated carbocycles. The van der Waals surface area contributed by atoms with Crippen LogP contribution in [0.4, 0.5) is 0 Å². The van der Waals surface area contributed by atoms with E-state index < -0.39 is 17.8 Å². The zero-order valence-corrected chi connectivity index (χ0v) is 11.7. The first-order valence-electron chi connectivity index (χ1n) is 6.56. The molecule has 1 fully saturated rings. The third-order valence-corrected chi connectivity index (χ3v) is 4.53. The van der Waals surface area contributed by atoms with Crippen LogP contribution >= 0.6 is 11.3 Å². The summed E-state index contributed by atoms with van der Waals surface area (Å²) in [6.07, 6.45) is 4.54. The predicted molar refractivity (Wildman–Crippen MR) is 71.8 cm³/mol. The first kappa shape index (κ1) is 14.0. The fourth-order valence-corrected chi connectivity index (χ4v) is 3.37. The van der Waals surface area contributed by atoms with Crippen molar-refractivity contribution in [3.8, 4) is 0 Å². The van der Waals surface area contributed by atoms with E-state index in [1.807, 2.05) is 12.3 Å². The minimum Gasteiger partial charge on any atom is -0.481 e. The summed E-state index contributed by atoms with van der Waals surface area (Å²) < 4.78 is 0. The number of aromatic nitrogens is 1. The molecule has 1 aromatic heterocycles. The van der Waals surface area contributed by atoms with Crippen LogP contribution < -0.4 is 5.32 Å². The van der Waals surface area contributed by atoms with Gasteiger partial charge in [0.25, 0.3) is 0 Å². The van der Waals surface area contributed by atoms with E-state index in [0.717, 1.165) is 17.8 Å². The number of hydrogen-bond acceptors (Lipinski definition) is 4. The number of nitrogens with one attached hydrogen (secondary N) is 1.